The van der Waals surface area contributed by atoms with Crippen LogP contribution in [-0.2, 0) is 0 Å². The van der Waals surface area contributed by atoms with Crippen LogP contribution in [-0.4, -0.2) is 15.5 Å². The Kier molecular flexibility index (Phi) is 3.06. The van der Waals surface area contributed by atoms with Crippen molar-refractivity contribution in [2.45, 2.75) is 6.17 Å². The molecular weight excluding hydrogens is 314 g/mol. The third-order valence-electron chi connectivity index (χ3n) is 3.74. The summed E-state index contributed by atoms with van der Waals surface area (Å²) in [5, 5.41) is 4.03. The zero-order chi connectivity index (χ0) is 16.0. The summed E-state index contributed by atoms with van der Waals surface area (Å²) in [4.78, 5) is 20.7. The number of guanidine groups is 1. The van der Waals surface area contributed by atoms with Gasteiger partial charge in [-0.05, 0) is 29.8 Å². The fourth-order valence-electron chi connectivity index (χ4n) is 2.72. The number of nitrogens with one attached hydrogen (secondary N) is 1. The maximum atomic E-state index is 12.2. The van der Waals surface area contributed by atoms with Gasteiger partial charge >= 0.3 is 0 Å². The lowest BCUT2D eigenvalue weighted by molar-refractivity contribution is 0.616. The van der Waals surface area contributed by atoms with Gasteiger partial charge in [0.2, 0.25) is 5.95 Å². The summed E-state index contributed by atoms with van der Waals surface area (Å²) >= 11 is 5.96. The lowest BCUT2D eigenvalue weighted by atomic mass is 10.1. The molecule has 2 heterocycles. The number of aliphatic imine (C=N–C) groups is 1. The van der Waals surface area contributed by atoms with Crippen molar-refractivity contribution < 1.29 is 0 Å². The topological polar surface area (TPSA) is 85.3 Å². The van der Waals surface area contributed by atoms with E-state index in [4.69, 9.17) is 17.3 Å². The van der Waals surface area contributed by atoms with Crippen LogP contribution in [0.2, 0.25) is 5.02 Å². The number of para-hydroxylation sites is 1. The molecule has 0 saturated heterocycles. The lowest BCUT2D eigenvalue weighted by Crippen LogP contribution is -2.34. The van der Waals surface area contributed by atoms with E-state index in [1.807, 2.05) is 34.9 Å². The fourth-order valence-corrected chi connectivity index (χ4v) is 2.85. The summed E-state index contributed by atoms with van der Waals surface area (Å²) in [7, 11) is 0. The summed E-state index contributed by atoms with van der Waals surface area (Å²) in [6.07, 6.45) is -0.415. The van der Waals surface area contributed by atoms with Gasteiger partial charge in [-0.1, -0.05) is 35.9 Å². The predicted octanol–water partition coefficient (Wildman–Crippen LogP) is 2.34. The van der Waals surface area contributed by atoms with Crippen molar-refractivity contribution in [1.29, 1.82) is 0 Å². The molecule has 1 aliphatic heterocycles. The van der Waals surface area contributed by atoms with Gasteiger partial charge in [-0.15, -0.1) is 0 Å². The number of aromatic nitrogens is 2. The van der Waals surface area contributed by atoms with E-state index in [1.165, 1.54) is 0 Å². The zero-order valence-electron chi connectivity index (χ0n) is 11.9. The van der Waals surface area contributed by atoms with E-state index in [0.717, 1.165) is 11.1 Å². The first-order valence-corrected chi connectivity index (χ1v) is 7.38. The van der Waals surface area contributed by atoms with E-state index in [-0.39, 0.29) is 11.5 Å². The van der Waals surface area contributed by atoms with Crippen LogP contribution in [0.15, 0.2) is 58.3 Å². The smallest absolute Gasteiger partial charge is 0.282 e. The minimum absolute atomic E-state index is 0.215. The quantitative estimate of drug-likeness (QED) is 0.719. The van der Waals surface area contributed by atoms with E-state index in [2.05, 4.69) is 15.3 Å². The molecule has 0 amide bonds. The first kappa shape index (κ1) is 13.8. The van der Waals surface area contributed by atoms with E-state index < -0.39 is 6.17 Å². The third-order valence-corrected chi connectivity index (χ3v) is 4.00. The van der Waals surface area contributed by atoms with Gasteiger partial charge in [-0.3, -0.25) is 14.7 Å². The molecule has 1 aliphatic rings. The second-order valence-corrected chi connectivity index (χ2v) is 5.63. The van der Waals surface area contributed by atoms with Crippen molar-refractivity contribution in [1.82, 2.24) is 9.55 Å². The molecule has 3 aromatic rings. The first-order valence-electron chi connectivity index (χ1n) is 7.00. The molecule has 0 aliphatic carbocycles. The Balaban J connectivity index is 2.03. The highest BCUT2D eigenvalue weighted by Gasteiger charge is 2.24. The standard InChI is InChI=1S/C16H12ClN5O/c17-10-7-5-9(6-8-10)13-19-15(18)21-16-20-14(23)11-3-1-2-4-12(11)22(13)16/h1-8,13H,(H3,18,19,20,21,23)/t13-/m0/s1. The molecule has 2 aromatic carbocycles. The Bertz CT molecular complexity index is 994. The molecule has 7 heteroatoms. The molecule has 0 bridgehead atoms. The number of rotatable bonds is 1. The highest BCUT2D eigenvalue weighted by Crippen LogP contribution is 2.30. The van der Waals surface area contributed by atoms with Gasteiger partial charge in [0, 0.05) is 5.02 Å². The minimum atomic E-state index is -0.415. The number of halogens is 1. The van der Waals surface area contributed by atoms with Gasteiger partial charge in [0.05, 0.1) is 10.9 Å². The van der Waals surface area contributed by atoms with Crippen molar-refractivity contribution in [2.24, 2.45) is 10.7 Å². The Labute approximate surface area is 136 Å². The Morgan fingerprint density at radius 2 is 1.87 bits per heavy atom. The number of hydrogen-bond acceptors (Lipinski definition) is 5. The van der Waals surface area contributed by atoms with Crippen LogP contribution in [0.5, 0.6) is 0 Å². The van der Waals surface area contributed by atoms with Crippen LogP contribution in [0.1, 0.15) is 11.7 Å². The van der Waals surface area contributed by atoms with E-state index >= 15 is 0 Å². The number of nitrogens with two attached hydrogens (primary N) is 1. The number of hydrogen-bond donors (Lipinski definition) is 2. The highest BCUT2D eigenvalue weighted by molar-refractivity contribution is 6.30. The number of nitrogens with zero attached hydrogens (tertiary/aromatic N) is 3. The van der Waals surface area contributed by atoms with Crippen LogP contribution in [0.3, 0.4) is 0 Å². The van der Waals surface area contributed by atoms with Gasteiger partial charge in [0.1, 0.15) is 0 Å². The molecule has 0 fully saturated rings. The Morgan fingerprint density at radius 3 is 2.65 bits per heavy atom. The van der Waals surface area contributed by atoms with Gasteiger partial charge in [0.25, 0.3) is 5.56 Å². The van der Waals surface area contributed by atoms with E-state index in [9.17, 15) is 4.79 Å². The summed E-state index contributed by atoms with van der Waals surface area (Å²) < 4.78 is 1.86. The highest BCUT2D eigenvalue weighted by atomic mass is 35.5. The van der Waals surface area contributed by atoms with E-state index in [0.29, 0.717) is 16.4 Å². The van der Waals surface area contributed by atoms with Crippen molar-refractivity contribution in [3.05, 3.63) is 69.5 Å². The molecule has 114 valence electrons. The molecule has 23 heavy (non-hydrogen) atoms. The summed E-state index contributed by atoms with van der Waals surface area (Å²) in [5.74, 6) is 0.591. The van der Waals surface area contributed by atoms with Crippen LogP contribution in [0.25, 0.3) is 10.9 Å². The maximum Gasteiger partial charge on any atom is 0.282 e. The SMILES string of the molecule is NC1=N[C@H](c2ccc(Cl)cc2)n2c(nc(=O)c3ccccc32)N1. The molecule has 0 spiro atoms. The lowest BCUT2D eigenvalue weighted by Gasteiger charge is -2.27. The van der Waals surface area contributed by atoms with Crippen molar-refractivity contribution in [2.75, 3.05) is 5.32 Å². The molecule has 0 saturated carbocycles. The molecule has 1 atom stereocenters. The van der Waals surface area contributed by atoms with Gasteiger partial charge < -0.3 is 5.73 Å². The average molecular weight is 326 g/mol. The van der Waals surface area contributed by atoms with Crippen LogP contribution < -0.4 is 16.6 Å². The molecule has 4 rings (SSSR count). The Hall–Kier alpha value is -2.86. The Morgan fingerprint density at radius 1 is 1.13 bits per heavy atom. The van der Waals surface area contributed by atoms with Gasteiger partial charge in [-0.25, -0.2) is 4.99 Å². The minimum Gasteiger partial charge on any atom is -0.370 e. The summed E-state index contributed by atoms with van der Waals surface area (Å²) in [6, 6.07) is 14.6. The summed E-state index contributed by atoms with van der Waals surface area (Å²) in [5.41, 5.74) is 7.20. The van der Waals surface area contributed by atoms with Crippen LogP contribution in [0, 0.1) is 0 Å². The van der Waals surface area contributed by atoms with E-state index in [1.54, 1.807) is 18.2 Å². The molecule has 0 radical (unpaired) electrons. The molecular formula is C16H12ClN5O. The number of fused-ring (bicyclic) bond motifs is 3. The number of benzene rings is 2. The van der Waals surface area contributed by atoms with Crippen LogP contribution in [0.4, 0.5) is 5.95 Å². The molecule has 3 N–H and O–H groups in total. The largest absolute Gasteiger partial charge is 0.370 e. The molecule has 1 aromatic heterocycles. The van der Waals surface area contributed by atoms with Crippen LogP contribution >= 0.6 is 11.6 Å². The fraction of sp³-hybridized carbons (Fsp3) is 0.0625. The van der Waals surface area contributed by atoms with Crippen molar-refractivity contribution in [3.8, 4) is 0 Å². The molecule has 0 unspecified atom stereocenters. The van der Waals surface area contributed by atoms with Gasteiger partial charge in [-0.2, -0.15) is 4.98 Å². The molecule has 6 nitrogen and oxygen atoms in total. The zero-order valence-corrected chi connectivity index (χ0v) is 12.7. The normalized spacial score (nSPS) is 16.6. The van der Waals surface area contributed by atoms with Crippen molar-refractivity contribution in [3.63, 3.8) is 0 Å². The first-order chi connectivity index (χ1) is 11.1. The number of anilines is 1. The maximum absolute atomic E-state index is 12.2. The van der Waals surface area contributed by atoms with Gasteiger partial charge in [0.15, 0.2) is 12.1 Å². The average Bonchev–Trinajstić information content (AvgIpc) is 2.55. The summed E-state index contributed by atoms with van der Waals surface area (Å²) in [6.45, 7) is 0. The second kappa shape index (κ2) is 5.10. The van der Waals surface area contributed by atoms with Crippen molar-refractivity contribution >= 4 is 34.4 Å². The third kappa shape index (κ3) is 2.24. The predicted molar refractivity (Wildman–Crippen MR) is 90.8 cm³/mol. The monoisotopic (exact) mass is 325 g/mol. The second-order valence-electron chi connectivity index (χ2n) is 5.19.